The van der Waals surface area contributed by atoms with Crippen molar-refractivity contribution in [1.29, 1.82) is 0 Å². The highest BCUT2D eigenvalue weighted by molar-refractivity contribution is 5.80. The van der Waals surface area contributed by atoms with Gasteiger partial charge in [0.15, 0.2) is 0 Å². The molecule has 3 aromatic rings. The molecule has 130 valence electrons. The number of rotatable bonds is 5. The maximum atomic E-state index is 5.65. The molecule has 0 aliphatic carbocycles. The number of hydrogen-bond acceptors (Lipinski definition) is 4. The zero-order valence-corrected chi connectivity index (χ0v) is 14.6. The molecule has 0 spiro atoms. The summed E-state index contributed by atoms with van der Waals surface area (Å²) < 4.78 is 11.1. The van der Waals surface area contributed by atoms with Crippen LogP contribution in [-0.2, 0) is 6.42 Å². The fourth-order valence-electron chi connectivity index (χ4n) is 3.61. The Morgan fingerprint density at radius 1 is 0.960 bits per heavy atom. The van der Waals surface area contributed by atoms with Crippen molar-refractivity contribution in [3.63, 3.8) is 0 Å². The van der Waals surface area contributed by atoms with Gasteiger partial charge in [-0.05, 0) is 30.2 Å². The van der Waals surface area contributed by atoms with Crippen molar-refractivity contribution in [2.24, 2.45) is 0 Å². The van der Waals surface area contributed by atoms with Crippen molar-refractivity contribution in [2.45, 2.75) is 6.42 Å². The van der Waals surface area contributed by atoms with Gasteiger partial charge in [0, 0.05) is 38.1 Å². The van der Waals surface area contributed by atoms with Gasteiger partial charge in [-0.1, -0.05) is 30.3 Å². The molecule has 0 saturated carbocycles. The number of ether oxygens (including phenoxy) is 1. The van der Waals surface area contributed by atoms with Crippen molar-refractivity contribution in [3.05, 3.63) is 60.4 Å². The number of anilines is 1. The van der Waals surface area contributed by atoms with E-state index in [9.17, 15) is 0 Å². The first-order valence-electron chi connectivity index (χ1n) is 8.90. The zero-order chi connectivity index (χ0) is 17.1. The summed E-state index contributed by atoms with van der Waals surface area (Å²) >= 11 is 0. The SMILES string of the molecule is COc1ccccc1N1CCN(CCc2coc3ccccc23)CC1. The predicted octanol–water partition coefficient (Wildman–Crippen LogP) is 3.81. The highest BCUT2D eigenvalue weighted by Crippen LogP contribution is 2.28. The van der Waals surface area contributed by atoms with E-state index in [4.69, 9.17) is 9.15 Å². The molecule has 0 atom stereocenters. The van der Waals surface area contributed by atoms with Crippen LogP contribution in [0.15, 0.2) is 59.2 Å². The lowest BCUT2D eigenvalue weighted by Gasteiger charge is -2.36. The number of furan rings is 1. The van der Waals surface area contributed by atoms with E-state index < -0.39 is 0 Å². The molecule has 4 nitrogen and oxygen atoms in total. The van der Waals surface area contributed by atoms with Crippen LogP contribution in [0.2, 0.25) is 0 Å². The Morgan fingerprint density at radius 2 is 1.72 bits per heavy atom. The minimum atomic E-state index is 0.959. The summed E-state index contributed by atoms with van der Waals surface area (Å²) in [5.41, 5.74) is 3.49. The lowest BCUT2D eigenvalue weighted by molar-refractivity contribution is 0.260. The largest absolute Gasteiger partial charge is 0.495 e. The third-order valence-electron chi connectivity index (χ3n) is 5.06. The average molecular weight is 336 g/mol. The fraction of sp³-hybridized carbons (Fsp3) is 0.333. The minimum Gasteiger partial charge on any atom is -0.495 e. The number of fused-ring (bicyclic) bond motifs is 1. The molecule has 0 bridgehead atoms. The van der Waals surface area contributed by atoms with Crippen LogP contribution in [0.4, 0.5) is 5.69 Å². The molecule has 2 heterocycles. The third-order valence-corrected chi connectivity index (χ3v) is 5.06. The van der Waals surface area contributed by atoms with Crippen LogP contribution in [0.5, 0.6) is 5.75 Å². The van der Waals surface area contributed by atoms with Gasteiger partial charge in [0.25, 0.3) is 0 Å². The van der Waals surface area contributed by atoms with Crippen molar-refractivity contribution in [1.82, 2.24) is 4.90 Å². The second-order valence-electron chi connectivity index (χ2n) is 6.51. The van der Waals surface area contributed by atoms with Gasteiger partial charge in [-0.15, -0.1) is 0 Å². The van der Waals surface area contributed by atoms with E-state index in [2.05, 4.69) is 34.1 Å². The van der Waals surface area contributed by atoms with E-state index in [0.717, 1.165) is 50.5 Å². The van der Waals surface area contributed by atoms with Crippen molar-refractivity contribution >= 4 is 16.7 Å². The number of para-hydroxylation sites is 3. The zero-order valence-electron chi connectivity index (χ0n) is 14.6. The topological polar surface area (TPSA) is 28.9 Å². The summed E-state index contributed by atoms with van der Waals surface area (Å²) in [6.07, 6.45) is 2.95. The fourth-order valence-corrected chi connectivity index (χ4v) is 3.61. The standard InChI is InChI=1S/C21H24N2O2/c1-24-21-9-5-3-7-19(21)23-14-12-22(13-15-23)11-10-17-16-25-20-8-4-2-6-18(17)20/h2-9,16H,10-15H2,1H3. The number of piperazine rings is 1. The van der Waals surface area contributed by atoms with Crippen LogP contribution in [0.3, 0.4) is 0 Å². The van der Waals surface area contributed by atoms with Crippen LogP contribution in [-0.4, -0.2) is 44.7 Å². The Morgan fingerprint density at radius 3 is 2.56 bits per heavy atom. The first-order valence-corrected chi connectivity index (χ1v) is 8.90. The maximum absolute atomic E-state index is 5.65. The van der Waals surface area contributed by atoms with Gasteiger partial charge in [-0.25, -0.2) is 0 Å². The Balaban J connectivity index is 1.35. The summed E-state index contributed by atoms with van der Waals surface area (Å²) in [6, 6.07) is 16.6. The van der Waals surface area contributed by atoms with E-state index >= 15 is 0 Å². The van der Waals surface area contributed by atoms with Crippen LogP contribution in [0.1, 0.15) is 5.56 Å². The molecule has 1 fully saturated rings. The number of benzene rings is 2. The Labute approximate surface area is 148 Å². The van der Waals surface area contributed by atoms with E-state index in [1.807, 2.05) is 30.5 Å². The molecule has 2 aromatic carbocycles. The summed E-state index contributed by atoms with van der Waals surface area (Å²) in [5.74, 6) is 0.959. The molecule has 4 heteroatoms. The van der Waals surface area contributed by atoms with Gasteiger partial charge < -0.3 is 14.1 Å². The quantitative estimate of drug-likeness (QED) is 0.708. The van der Waals surface area contributed by atoms with Crippen molar-refractivity contribution < 1.29 is 9.15 Å². The van der Waals surface area contributed by atoms with Gasteiger partial charge in [0.2, 0.25) is 0 Å². The van der Waals surface area contributed by atoms with Gasteiger partial charge in [-0.2, -0.15) is 0 Å². The first kappa shape index (κ1) is 16.0. The van der Waals surface area contributed by atoms with Crippen LogP contribution < -0.4 is 9.64 Å². The lowest BCUT2D eigenvalue weighted by Crippen LogP contribution is -2.47. The summed E-state index contributed by atoms with van der Waals surface area (Å²) in [4.78, 5) is 4.95. The molecule has 1 aliphatic heterocycles. The Kier molecular flexibility index (Phi) is 4.61. The molecular weight excluding hydrogens is 312 g/mol. The molecule has 1 saturated heterocycles. The number of hydrogen-bond donors (Lipinski definition) is 0. The van der Waals surface area contributed by atoms with Gasteiger partial charge in [0.05, 0.1) is 19.1 Å². The molecule has 0 amide bonds. The van der Waals surface area contributed by atoms with Gasteiger partial charge in [0.1, 0.15) is 11.3 Å². The maximum Gasteiger partial charge on any atom is 0.142 e. The molecular formula is C21H24N2O2. The summed E-state index contributed by atoms with van der Waals surface area (Å²) in [7, 11) is 1.74. The Bertz CT molecular complexity index is 835. The normalized spacial score (nSPS) is 15.6. The molecule has 4 rings (SSSR count). The molecule has 1 aromatic heterocycles. The lowest BCUT2D eigenvalue weighted by atomic mass is 10.1. The van der Waals surface area contributed by atoms with Crippen molar-refractivity contribution in [2.75, 3.05) is 44.7 Å². The number of nitrogens with zero attached hydrogens (tertiary/aromatic N) is 2. The second-order valence-corrected chi connectivity index (χ2v) is 6.51. The molecule has 1 aliphatic rings. The highest BCUT2D eigenvalue weighted by atomic mass is 16.5. The first-order chi connectivity index (χ1) is 12.3. The van der Waals surface area contributed by atoms with E-state index in [1.54, 1.807) is 7.11 Å². The third kappa shape index (κ3) is 3.35. The second kappa shape index (κ2) is 7.19. The van der Waals surface area contributed by atoms with Crippen molar-refractivity contribution in [3.8, 4) is 5.75 Å². The predicted molar refractivity (Wildman–Crippen MR) is 102 cm³/mol. The monoisotopic (exact) mass is 336 g/mol. The van der Waals surface area contributed by atoms with E-state index in [0.29, 0.717) is 0 Å². The summed E-state index contributed by atoms with van der Waals surface area (Å²) in [6.45, 7) is 5.30. The van der Waals surface area contributed by atoms with Crippen LogP contribution in [0, 0.1) is 0 Å². The minimum absolute atomic E-state index is 0.959. The highest BCUT2D eigenvalue weighted by Gasteiger charge is 2.19. The molecule has 25 heavy (non-hydrogen) atoms. The molecule has 0 N–H and O–H groups in total. The molecule has 0 radical (unpaired) electrons. The average Bonchev–Trinajstić information content (AvgIpc) is 3.10. The Hall–Kier alpha value is -2.46. The van der Waals surface area contributed by atoms with E-state index in [1.165, 1.54) is 16.6 Å². The number of methoxy groups -OCH3 is 1. The van der Waals surface area contributed by atoms with Gasteiger partial charge >= 0.3 is 0 Å². The molecule has 0 unspecified atom stereocenters. The summed E-state index contributed by atoms with van der Waals surface area (Å²) in [5, 5.41) is 1.25. The smallest absolute Gasteiger partial charge is 0.142 e. The van der Waals surface area contributed by atoms with E-state index in [-0.39, 0.29) is 0 Å². The van der Waals surface area contributed by atoms with Crippen LogP contribution in [0.25, 0.3) is 11.0 Å². The van der Waals surface area contributed by atoms with Gasteiger partial charge in [-0.3, -0.25) is 4.90 Å². The van der Waals surface area contributed by atoms with Crippen LogP contribution >= 0.6 is 0 Å².